The smallest absolute Gasteiger partial charge is 0.395 e. The molecule has 1 aromatic heterocycles. The van der Waals surface area contributed by atoms with Crippen LogP contribution in [0.2, 0.25) is 5.02 Å². The number of carbonyl (C=O) groups excluding carboxylic acids is 1. The maximum atomic E-state index is 11.8. The van der Waals surface area contributed by atoms with Crippen molar-refractivity contribution in [3.05, 3.63) is 56.8 Å². The molecule has 0 saturated heterocycles. The Morgan fingerprint density at radius 3 is 2.75 bits per heavy atom. The summed E-state index contributed by atoms with van der Waals surface area (Å²) in [5, 5.41) is 21.9. The number of hydrogen-bond acceptors (Lipinski definition) is 5. The molecule has 0 atom stereocenters. The van der Waals surface area contributed by atoms with Crippen LogP contribution >= 0.6 is 11.6 Å². The second-order valence-electron chi connectivity index (χ2n) is 3.66. The van der Waals surface area contributed by atoms with Gasteiger partial charge in [-0.15, -0.1) is 0 Å². The molecule has 1 amide bonds. The van der Waals surface area contributed by atoms with Crippen LogP contribution in [0.15, 0.2) is 34.7 Å². The highest BCUT2D eigenvalue weighted by atomic mass is 35.5. The Kier molecular flexibility index (Phi) is 3.68. The van der Waals surface area contributed by atoms with Crippen molar-refractivity contribution in [2.24, 2.45) is 0 Å². The molecular formula is C12H6ClN3O4. The monoisotopic (exact) mass is 291 g/mol. The summed E-state index contributed by atoms with van der Waals surface area (Å²) in [5.74, 6) is -1.46. The summed E-state index contributed by atoms with van der Waals surface area (Å²) in [5.41, 5.74) is 0.532. The molecule has 2 aromatic rings. The molecule has 2 rings (SSSR count). The molecule has 0 aliphatic carbocycles. The Balaban J connectivity index is 2.23. The molecule has 1 heterocycles. The lowest BCUT2D eigenvalue weighted by Gasteiger charge is -2.05. The van der Waals surface area contributed by atoms with E-state index in [1.54, 1.807) is 0 Å². The first-order valence-electron chi connectivity index (χ1n) is 5.26. The van der Waals surface area contributed by atoms with E-state index in [-0.39, 0.29) is 16.5 Å². The summed E-state index contributed by atoms with van der Waals surface area (Å²) >= 11 is 5.88. The minimum absolute atomic E-state index is 0.217. The number of rotatable bonds is 3. The fourth-order valence-corrected chi connectivity index (χ4v) is 1.59. The second-order valence-corrected chi connectivity index (χ2v) is 4.06. The average Bonchev–Trinajstić information content (AvgIpc) is 2.91. The molecule has 0 saturated carbocycles. The van der Waals surface area contributed by atoms with Crippen molar-refractivity contribution >= 4 is 29.1 Å². The van der Waals surface area contributed by atoms with Crippen molar-refractivity contribution in [1.29, 1.82) is 5.26 Å². The van der Waals surface area contributed by atoms with Crippen molar-refractivity contribution in [1.82, 2.24) is 0 Å². The molecule has 1 aromatic carbocycles. The molecule has 0 bridgehead atoms. The van der Waals surface area contributed by atoms with Crippen molar-refractivity contribution in [3.63, 3.8) is 0 Å². The van der Waals surface area contributed by atoms with Gasteiger partial charge in [-0.25, -0.2) is 0 Å². The van der Waals surface area contributed by atoms with Gasteiger partial charge in [0, 0.05) is 0 Å². The highest BCUT2D eigenvalue weighted by Crippen LogP contribution is 2.24. The van der Waals surface area contributed by atoms with Crippen molar-refractivity contribution in [2.45, 2.75) is 0 Å². The minimum Gasteiger partial charge on any atom is -0.395 e. The van der Waals surface area contributed by atoms with Crippen LogP contribution in [0.3, 0.4) is 0 Å². The first kappa shape index (κ1) is 13.6. The Bertz CT molecular complexity index is 733. The number of anilines is 1. The maximum absolute atomic E-state index is 11.8. The Morgan fingerprint density at radius 2 is 2.15 bits per heavy atom. The standard InChI is InChI=1S/C12H6ClN3O4/c13-8-2-1-7(6-14)5-9(8)15-12(17)10-3-4-11(20-10)16(18)19/h1-5H,(H,15,17). The van der Waals surface area contributed by atoms with Crippen LogP contribution in [-0.4, -0.2) is 10.8 Å². The third-order valence-corrected chi connectivity index (χ3v) is 2.67. The van der Waals surface area contributed by atoms with Gasteiger partial charge >= 0.3 is 5.88 Å². The molecule has 0 spiro atoms. The Hall–Kier alpha value is -2.85. The van der Waals surface area contributed by atoms with Gasteiger partial charge in [0.25, 0.3) is 5.91 Å². The zero-order valence-electron chi connectivity index (χ0n) is 9.79. The van der Waals surface area contributed by atoms with E-state index in [9.17, 15) is 14.9 Å². The predicted molar refractivity (Wildman–Crippen MR) is 69.5 cm³/mol. The summed E-state index contributed by atoms with van der Waals surface area (Å²) in [4.78, 5) is 21.5. The van der Waals surface area contributed by atoms with Gasteiger partial charge < -0.3 is 9.73 Å². The van der Waals surface area contributed by atoms with Gasteiger partial charge in [-0.2, -0.15) is 5.26 Å². The summed E-state index contributed by atoms with van der Waals surface area (Å²) in [6, 6.07) is 8.49. The second kappa shape index (κ2) is 5.42. The number of nitriles is 1. The van der Waals surface area contributed by atoms with Crippen LogP contribution in [0, 0.1) is 21.4 Å². The molecule has 20 heavy (non-hydrogen) atoms. The SMILES string of the molecule is N#Cc1ccc(Cl)c(NC(=O)c2ccc([N+](=O)[O-])o2)c1. The van der Waals surface area contributed by atoms with Crippen LogP contribution in [0.1, 0.15) is 16.1 Å². The first-order valence-corrected chi connectivity index (χ1v) is 5.64. The molecule has 0 fully saturated rings. The topological polar surface area (TPSA) is 109 Å². The van der Waals surface area contributed by atoms with Crippen LogP contribution in [0.25, 0.3) is 0 Å². The first-order chi connectivity index (χ1) is 9.51. The molecule has 0 aliphatic heterocycles. The number of nitrogens with zero attached hydrogens (tertiary/aromatic N) is 2. The van der Waals surface area contributed by atoms with Crippen LogP contribution in [0.5, 0.6) is 0 Å². The lowest BCUT2D eigenvalue weighted by atomic mass is 10.2. The molecule has 0 radical (unpaired) electrons. The Morgan fingerprint density at radius 1 is 1.40 bits per heavy atom. The van der Waals surface area contributed by atoms with E-state index < -0.39 is 16.7 Å². The van der Waals surface area contributed by atoms with Crippen LogP contribution in [0.4, 0.5) is 11.6 Å². The summed E-state index contributed by atoms with van der Waals surface area (Å²) in [6.07, 6.45) is 0. The van der Waals surface area contributed by atoms with Gasteiger partial charge in [0.1, 0.15) is 4.92 Å². The van der Waals surface area contributed by atoms with E-state index in [0.717, 1.165) is 6.07 Å². The van der Waals surface area contributed by atoms with E-state index in [1.807, 2.05) is 6.07 Å². The van der Waals surface area contributed by atoms with E-state index in [0.29, 0.717) is 5.56 Å². The number of amides is 1. The highest BCUT2D eigenvalue weighted by Gasteiger charge is 2.18. The number of halogens is 1. The number of benzene rings is 1. The maximum Gasteiger partial charge on any atom is 0.433 e. The van der Waals surface area contributed by atoms with E-state index in [1.165, 1.54) is 24.3 Å². The van der Waals surface area contributed by atoms with E-state index >= 15 is 0 Å². The van der Waals surface area contributed by atoms with Crippen molar-refractivity contribution in [3.8, 4) is 6.07 Å². The number of carbonyl (C=O) groups is 1. The third-order valence-electron chi connectivity index (χ3n) is 2.34. The fraction of sp³-hybridized carbons (Fsp3) is 0. The fourth-order valence-electron chi connectivity index (χ4n) is 1.42. The van der Waals surface area contributed by atoms with E-state index in [2.05, 4.69) is 5.32 Å². The summed E-state index contributed by atoms with van der Waals surface area (Å²) in [6.45, 7) is 0. The number of hydrogen-bond donors (Lipinski definition) is 1. The zero-order valence-corrected chi connectivity index (χ0v) is 10.5. The minimum atomic E-state index is -0.750. The van der Waals surface area contributed by atoms with Gasteiger partial charge in [0.15, 0.2) is 5.76 Å². The highest BCUT2D eigenvalue weighted by molar-refractivity contribution is 6.33. The quantitative estimate of drug-likeness (QED) is 0.690. The average molecular weight is 292 g/mol. The molecular weight excluding hydrogens is 286 g/mol. The molecule has 0 aliphatic rings. The Labute approximate surface area is 117 Å². The van der Waals surface area contributed by atoms with Crippen LogP contribution < -0.4 is 5.32 Å². The summed E-state index contributed by atoms with van der Waals surface area (Å²) < 4.78 is 4.76. The van der Waals surface area contributed by atoms with Crippen LogP contribution in [-0.2, 0) is 0 Å². The van der Waals surface area contributed by atoms with Gasteiger partial charge in [0.2, 0.25) is 0 Å². The van der Waals surface area contributed by atoms with E-state index in [4.69, 9.17) is 21.3 Å². The predicted octanol–water partition coefficient (Wildman–Crippen LogP) is 2.97. The summed E-state index contributed by atoms with van der Waals surface area (Å²) in [7, 11) is 0. The van der Waals surface area contributed by atoms with Crippen molar-refractivity contribution < 1.29 is 14.1 Å². The van der Waals surface area contributed by atoms with Gasteiger partial charge in [-0.05, 0) is 24.3 Å². The third kappa shape index (κ3) is 2.76. The molecule has 7 nitrogen and oxygen atoms in total. The number of nitrogens with one attached hydrogen (secondary N) is 1. The zero-order chi connectivity index (χ0) is 14.7. The molecule has 8 heteroatoms. The lowest BCUT2D eigenvalue weighted by Crippen LogP contribution is -2.11. The lowest BCUT2D eigenvalue weighted by molar-refractivity contribution is -0.402. The molecule has 100 valence electrons. The normalized spacial score (nSPS) is 9.80. The van der Waals surface area contributed by atoms with Crippen molar-refractivity contribution in [2.75, 3.05) is 5.32 Å². The largest absolute Gasteiger partial charge is 0.433 e. The number of furan rings is 1. The molecule has 1 N–H and O–H groups in total. The number of nitro groups is 1. The van der Waals surface area contributed by atoms with Gasteiger partial charge in [-0.1, -0.05) is 11.6 Å². The molecule has 0 unspecified atom stereocenters. The van der Waals surface area contributed by atoms with Gasteiger partial charge in [0.05, 0.1) is 28.4 Å². The van der Waals surface area contributed by atoms with Gasteiger partial charge in [-0.3, -0.25) is 14.9 Å².